The van der Waals surface area contributed by atoms with Crippen LogP contribution in [0.3, 0.4) is 0 Å². The molecule has 0 aliphatic rings. The standard InChI is InChI=1S/C65H124N2O6Si/c1-10-14-18-22-26-32-40-60(41-33-27-23-19-15-11-2)57-71-63(69)44-36-30-38-50-66(54-55-68)52-53-67(56-59-46-48-62(49-47-59)73-74(8,9)65(5,6)7)51-39-31-37-45-64(70)72-58-61(42-34-28-24-20-16-12-3)43-35-29-25-21-17-13-4/h46-49,60-61,68H,10-45,50-58H2,1-9H3. The third-order valence-electron chi connectivity index (χ3n) is 16.2. The lowest BCUT2D eigenvalue weighted by Crippen LogP contribution is -2.43. The predicted octanol–water partition coefficient (Wildman–Crippen LogP) is 18.6. The molecule has 9 heteroatoms. The first kappa shape index (κ1) is 70.1. The molecule has 434 valence electrons. The summed E-state index contributed by atoms with van der Waals surface area (Å²) >= 11 is 0. The zero-order chi connectivity index (χ0) is 54.4. The highest BCUT2D eigenvalue weighted by molar-refractivity contribution is 6.74. The van der Waals surface area contributed by atoms with Gasteiger partial charge in [-0.2, -0.15) is 0 Å². The second-order valence-electron chi connectivity index (χ2n) is 24.3. The van der Waals surface area contributed by atoms with E-state index in [1.807, 2.05) is 0 Å². The fourth-order valence-corrected chi connectivity index (χ4v) is 11.0. The van der Waals surface area contributed by atoms with Crippen molar-refractivity contribution in [3.63, 3.8) is 0 Å². The molecule has 0 aliphatic heterocycles. The van der Waals surface area contributed by atoms with E-state index in [2.05, 4.69) is 95.6 Å². The third-order valence-corrected chi connectivity index (χ3v) is 20.6. The molecule has 1 aromatic rings. The molecule has 0 aromatic heterocycles. The van der Waals surface area contributed by atoms with Crippen molar-refractivity contribution >= 4 is 20.3 Å². The number of carbonyl (C=O) groups excluding carboxylic acids is 2. The van der Waals surface area contributed by atoms with E-state index in [9.17, 15) is 14.7 Å². The van der Waals surface area contributed by atoms with Gasteiger partial charge in [-0.1, -0.05) is 228 Å². The molecule has 0 unspecified atom stereocenters. The number of hydrogen-bond acceptors (Lipinski definition) is 8. The summed E-state index contributed by atoms with van der Waals surface area (Å²) in [5, 5.41) is 10.2. The Bertz CT molecular complexity index is 1390. The van der Waals surface area contributed by atoms with Crippen molar-refractivity contribution in [2.24, 2.45) is 11.8 Å². The molecule has 74 heavy (non-hydrogen) atoms. The lowest BCUT2D eigenvalue weighted by atomic mass is 9.94. The largest absolute Gasteiger partial charge is 0.544 e. The maximum Gasteiger partial charge on any atom is 0.305 e. The minimum Gasteiger partial charge on any atom is -0.544 e. The zero-order valence-electron chi connectivity index (χ0n) is 50.7. The van der Waals surface area contributed by atoms with Crippen LogP contribution in [-0.2, 0) is 25.6 Å². The lowest BCUT2D eigenvalue weighted by molar-refractivity contribution is -0.146. The van der Waals surface area contributed by atoms with Crippen molar-refractivity contribution in [3.8, 4) is 5.75 Å². The number of rotatable bonds is 53. The Labute approximate surface area is 460 Å². The summed E-state index contributed by atoms with van der Waals surface area (Å²) in [5.74, 6) is 1.88. The van der Waals surface area contributed by atoms with E-state index in [4.69, 9.17) is 13.9 Å². The molecule has 0 saturated heterocycles. The number of aliphatic hydroxyl groups excluding tert-OH is 1. The van der Waals surface area contributed by atoms with Crippen molar-refractivity contribution in [2.75, 3.05) is 52.5 Å². The number of carbonyl (C=O) groups is 2. The van der Waals surface area contributed by atoms with Crippen LogP contribution in [0.4, 0.5) is 0 Å². The summed E-state index contributed by atoms with van der Waals surface area (Å²) in [5.41, 5.74) is 1.27. The van der Waals surface area contributed by atoms with Crippen LogP contribution in [0.25, 0.3) is 0 Å². The summed E-state index contributed by atoms with van der Waals surface area (Å²) in [7, 11) is -1.94. The Morgan fingerprint density at radius 1 is 0.473 bits per heavy atom. The first-order valence-corrected chi connectivity index (χ1v) is 34.8. The van der Waals surface area contributed by atoms with E-state index in [0.29, 0.717) is 44.4 Å². The van der Waals surface area contributed by atoms with Gasteiger partial charge in [0.15, 0.2) is 0 Å². The molecule has 0 amide bonds. The molecule has 0 atom stereocenters. The maximum atomic E-state index is 13.0. The molecule has 1 rings (SSSR count). The van der Waals surface area contributed by atoms with Crippen LogP contribution in [0.2, 0.25) is 18.1 Å². The molecule has 0 saturated carbocycles. The van der Waals surface area contributed by atoms with Gasteiger partial charge in [0, 0.05) is 39.0 Å². The average molecular weight is 1060 g/mol. The van der Waals surface area contributed by atoms with E-state index >= 15 is 0 Å². The van der Waals surface area contributed by atoms with Gasteiger partial charge in [0.2, 0.25) is 8.32 Å². The highest BCUT2D eigenvalue weighted by Gasteiger charge is 2.39. The average Bonchev–Trinajstić information content (AvgIpc) is 3.37. The Morgan fingerprint density at radius 2 is 0.824 bits per heavy atom. The monoisotopic (exact) mass is 1060 g/mol. The molecule has 0 heterocycles. The summed E-state index contributed by atoms with van der Waals surface area (Å²) in [6, 6.07) is 8.73. The van der Waals surface area contributed by atoms with Gasteiger partial charge in [-0.3, -0.25) is 19.4 Å². The number of unbranched alkanes of at least 4 members (excludes halogenated alkanes) is 24. The van der Waals surface area contributed by atoms with Gasteiger partial charge in [0.25, 0.3) is 0 Å². The fraction of sp³-hybridized carbons (Fsp3) is 0.877. The molecule has 0 spiro atoms. The van der Waals surface area contributed by atoms with E-state index < -0.39 is 8.32 Å². The Kier molecular flexibility index (Phi) is 44.6. The molecular formula is C65H124N2O6Si. The molecule has 1 N–H and O–H groups in total. The number of hydrogen-bond donors (Lipinski definition) is 1. The highest BCUT2D eigenvalue weighted by Crippen LogP contribution is 2.37. The van der Waals surface area contributed by atoms with E-state index in [0.717, 1.165) is 77.0 Å². The van der Waals surface area contributed by atoms with Crippen LogP contribution in [0.15, 0.2) is 24.3 Å². The van der Waals surface area contributed by atoms with Crippen molar-refractivity contribution in [1.29, 1.82) is 0 Å². The van der Waals surface area contributed by atoms with Crippen LogP contribution in [0, 0.1) is 11.8 Å². The molecule has 0 radical (unpaired) electrons. The van der Waals surface area contributed by atoms with Crippen molar-refractivity contribution < 1.29 is 28.6 Å². The second-order valence-corrected chi connectivity index (χ2v) is 29.0. The van der Waals surface area contributed by atoms with Gasteiger partial charge < -0.3 is 19.0 Å². The molecule has 1 aromatic carbocycles. The number of ether oxygens (including phenoxy) is 2. The van der Waals surface area contributed by atoms with Crippen LogP contribution >= 0.6 is 0 Å². The SMILES string of the molecule is CCCCCCCCC(CCCCCCCC)COC(=O)CCCCCN(CCO)CCN(CCCCCC(=O)OCC(CCCCCCCC)CCCCCCCC)Cc1ccc(O[Si](C)(C)C(C)(C)C)cc1. The van der Waals surface area contributed by atoms with Gasteiger partial charge in [0.1, 0.15) is 5.75 Å². The zero-order valence-corrected chi connectivity index (χ0v) is 51.7. The Balaban J connectivity index is 2.76. The molecule has 0 fully saturated rings. The topological polar surface area (TPSA) is 88.5 Å². The summed E-state index contributed by atoms with van der Waals surface area (Å²) < 4.78 is 18.5. The third kappa shape index (κ3) is 39.4. The number of aliphatic hydroxyl groups is 1. The maximum absolute atomic E-state index is 13.0. The minimum atomic E-state index is -1.94. The van der Waals surface area contributed by atoms with Gasteiger partial charge >= 0.3 is 11.9 Å². The van der Waals surface area contributed by atoms with Gasteiger partial charge in [-0.05, 0) is 112 Å². The molecule has 0 bridgehead atoms. The van der Waals surface area contributed by atoms with Crippen LogP contribution < -0.4 is 4.43 Å². The molecular weight excluding hydrogens is 933 g/mol. The minimum absolute atomic E-state index is 0.0273. The quantitative estimate of drug-likeness (QED) is 0.0392. The van der Waals surface area contributed by atoms with Crippen molar-refractivity contribution in [1.82, 2.24) is 9.80 Å². The summed E-state index contributed by atoms with van der Waals surface area (Å²) in [6.07, 6.45) is 42.8. The van der Waals surface area contributed by atoms with Crippen LogP contribution in [0.5, 0.6) is 5.75 Å². The molecule has 8 nitrogen and oxygen atoms in total. The first-order valence-electron chi connectivity index (χ1n) is 31.9. The fourth-order valence-electron chi connectivity index (χ4n) is 10.0. The van der Waals surface area contributed by atoms with Gasteiger partial charge in [-0.25, -0.2) is 0 Å². The first-order chi connectivity index (χ1) is 35.8. The van der Waals surface area contributed by atoms with E-state index in [1.54, 1.807) is 0 Å². The number of benzene rings is 1. The predicted molar refractivity (Wildman–Crippen MR) is 321 cm³/mol. The molecule has 0 aliphatic carbocycles. The number of esters is 2. The van der Waals surface area contributed by atoms with Gasteiger partial charge in [-0.15, -0.1) is 0 Å². The summed E-state index contributed by atoms with van der Waals surface area (Å²) in [6.45, 7) is 27.0. The van der Waals surface area contributed by atoms with E-state index in [1.165, 1.54) is 185 Å². The normalized spacial score (nSPS) is 12.2. The van der Waals surface area contributed by atoms with Gasteiger partial charge in [0.05, 0.1) is 19.8 Å². The Hall–Kier alpha value is -1.94. The lowest BCUT2D eigenvalue weighted by Gasteiger charge is -2.36. The van der Waals surface area contributed by atoms with Crippen LogP contribution in [-0.4, -0.2) is 87.7 Å². The smallest absolute Gasteiger partial charge is 0.305 e. The highest BCUT2D eigenvalue weighted by atomic mass is 28.4. The van der Waals surface area contributed by atoms with Crippen LogP contribution in [0.1, 0.15) is 285 Å². The number of nitrogens with zero attached hydrogens (tertiary/aromatic N) is 2. The second kappa shape index (κ2) is 47.1. The van der Waals surface area contributed by atoms with E-state index in [-0.39, 0.29) is 23.6 Å². The summed E-state index contributed by atoms with van der Waals surface area (Å²) in [4.78, 5) is 30.9. The van der Waals surface area contributed by atoms with Crippen molar-refractivity contribution in [2.45, 2.75) is 304 Å². The van der Waals surface area contributed by atoms with Crippen molar-refractivity contribution in [3.05, 3.63) is 29.8 Å². The Morgan fingerprint density at radius 3 is 1.20 bits per heavy atom.